The number of aliphatic carboxylic acids is 1. The van der Waals surface area contributed by atoms with Gasteiger partial charge >= 0.3 is 5.97 Å². The first-order valence-electron chi connectivity index (χ1n) is 10.0. The van der Waals surface area contributed by atoms with E-state index in [0.29, 0.717) is 12.1 Å². The van der Waals surface area contributed by atoms with Crippen LogP contribution in [0.3, 0.4) is 0 Å². The van der Waals surface area contributed by atoms with Gasteiger partial charge < -0.3 is 36.9 Å². The third-order valence-corrected chi connectivity index (χ3v) is 4.96. The molecule has 31 heavy (non-hydrogen) atoms. The van der Waals surface area contributed by atoms with Crippen molar-refractivity contribution < 1.29 is 29.4 Å². The Morgan fingerprint density at radius 3 is 2.23 bits per heavy atom. The number of carbonyl (C=O) groups is 4. The summed E-state index contributed by atoms with van der Waals surface area (Å²) in [6.07, 6.45) is 2.33. The number of imidazole rings is 1. The molecule has 3 amide bonds. The third-order valence-electron chi connectivity index (χ3n) is 4.96. The SMILES string of the molecule is CCC(C)C(NC(=O)C(Cc1cnc[nH]1)NC(=O)C(N)C(C)O)C(=O)NC(C)C(=O)O. The second kappa shape index (κ2) is 12.0. The quantitative estimate of drug-likeness (QED) is 0.199. The summed E-state index contributed by atoms with van der Waals surface area (Å²) in [7, 11) is 0. The van der Waals surface area contributed by atoms with Crippen molar-refractivity contribution in [1.29, 1.82) is 0 Å². The summed E-state index contributed by atoms with van der Waals surface area (Å²) in [5, 5.41) is 26.0. The monoisotopic (exact) mass is 440 g/mol. The lowest BCUT2D eigenvalue weighted by molar-refractivity contribution is -0.142. The molecule has 1 heterocycles. The molecular weight excluding hydrogens is 408 g/mol. The van der Waals surface area contributed by atoms with E-state index in [1.165, 1.54) is 26.4 Å². The highest BCUT2D eigenvalue weighted by molar-refractivity contribution is 5.94. The van der Waals surface area contributed by atoms with Crippen molar-refractivity contribution in [2.45, 2.75) is 70.8 Å². The van der Waals surface area contributed by atoms with Gasteiger partial charge in [-0.15, -0.1) is 0 Å². The zero-order chi connectivity index (χ0) is 23.7. The van der Waals surface area contributed by atoms with Crippen LogP contribution in [0.25, 0.3) is 0 Å². The Kier molecular flexibility index (Phi) is 10.1. The first-order valence-corrected chi connectivity index (χ1v) is 10.0. The molecule has 0 aliphatic carbocycles. The largest absolute Gasteiger partial charge is 0.480 e. The summed E-state index contributed by atoms with van der Waals surface area (Å²) in [4.78, 5) is 55.7. The lowest BCUT2D eigenvalue weighted by Gasteiger charge is -2.27. The Balaban J connectivity index is 3.03. The number of aliphatic hydroxyl groups excluding tert-OH is 1. The molecule has 6 unspecified atom stereocenters. The number of hydrogen-bond donors (Lipinski definition) is 7. The van der Waals surface area contributed by atoms with Crippen LogP contribution >= 0.6 is 0 Å². The molecule has 0 aliphatic heterocycles. The highest BCUT2D eigenvalue weighted by Gasteiger charge is 2.32. The van der Waals surface area contributed by atoms with E-state index in [1.807, 2.05) is 6.92 Å². The lowest BCUT2D eigenvalue weighted by atomic mass is 9.97. The van der Waals surface area contributed by atoms with Gasteiger partial charge in [-0.2, -0.15) is 0 Å². The average Bonchev–Trinajstić information content (AvgIpc) is 3.22. The molecule has 12 nitrogen and oxygen atoms in total. The van der Waals surface area contributed by atoms with Crippen LogP contribution in [0, 0.1) is 5.92 Å². The molecule has 0 aromatic carbocycles. The molecule has 1 aromatic rings. The summed E-state index contributed by atoms with van der Waals surface area (Å²) in [6.45, 7) is 6.22. The minimum Gasteiger partial charge on any atom is -0.480 e. The van der Waals surface area contributed by atoms with Crippen LogP contribution in [0.5, 0.6) is 0 Å². The number of hydrogen-bond acceptors (Lipinski definition) is 7. The molecule has 0 radical (unpaired) electrons. The van der Waals surface area contributed by atoms with E-state index in [1.54, 1.807) is 6.92 Å². The van der Waals surface area contributed by atoms with Gasteiger partial charge in [0, 0.05) is 18.3 Å². The molecule has 1 aromatic heterocycles. The van der Waals surface area contributed by atoms with Crippen LogP contribution < -0.4 is 21.7 Å². The second-order valence-electron chi connectivity index (χ2n) is 7.55. The third kappa shape index (κ3) is 7.98. The molecule has 0 aliphatic rings. The topological polar surface area (TPSA) is 200 Å². The highest BCUT2D eigenvalue weighted by Crippen LogP contribution is 2.10. The van der Waals surface area contributed by atoms with Gasteiger partial charge in [-0.3, -0.25) is 19.2 Å². The number of aromatic nitrogens is 2. The van der Waals surface area contributed by atoms with Crippen LogP contribution in [0.15, 0.2) is 12.5 Å². The Hall–Kier alpha value is -2.99. The maximum absolute atomic E-state index is 13.0. The number of nitrogens with one attached hydrogen (secondary N) is 4. The summed E-state index contributed by atoms with van der Waals surface area (Å²) in [6, 6.07) is -4.53. The van der Waals surface area contributed by atoms with Gasteiger partial charge in [-0.05, 0) is 19.8 Å². The normalized spacial score (nSPS) is 16.8. The summed E-state index contributed by atoms with van der Waals surface area (Å²) in [5.74, 6) is -3.57. The molecule has 6 atom stereocenters. The molecule has 0 fully saturated rings. The number of amides is 3. The maximum atomic E-state index is 13.0. The minimum atomic E-state index is -1.25. The smallest absolute Gasteiger partial charge is 0.325 e. The van der Waals surface area contributed by atoms with Gasteiger partial charge in [0.1, 0.15) is 24.2 Å². The van der Waals surface area contributed by atoms with Crippen molar-refractivity contribution in [2.75, 3.05) is 0 Å². The van der Waals surface area contributed by atoms with Gasteiger partial charge in [-0.25, -0.2) is 4.98 Å². The summed E-state index contributed by atoms with van der Waals surface area (Å²) < 4.78 is 0. The fraction of sp³-hybridized carbons (Fsp3) is 0.632. The number of carboxylic acids is 1. The van der Waals surface area contributed by atoms with Gasteiger partial charge in [0.2, 0.25) is 17.7 Å². The Morgan fingerprint density at radius 1 is 1.10 bits per heavy atom. The molecule has 0 spiro atoms. The molecule has 0 saturated carbocycles. The second-order valence-corrected chi connectivity index (χ2v) is 7.55. The molecule has 0 bridgehead atoms. The molecule has 12 heteroatoms. The highest BCUT2D eigenvalue weighted by atomic mass is 16.4. The van der Waals surface area contributed by atoms with E-state index in [9.17, 15) is 24.3 Å². The van der Waals surface area contributed by atoms with Crippen LogP contribution in [0.2, 0.25) is 0 Å². The van der Waals surface area contributed by atoms with Crippen molar-refractivity contribution in [1.82, 2.24) is 25.9 Å². The van der Waals surface area contributed by atoms with Crippen LogP contribution in [0.4, 0.5) is 0 Å². The molecule has 1 rings (SSSR count). The van der Waals surface area contributed by atoms with Crippen molar-refractivity contribution in [2.24, 2.45) is 11.7 Å². The molecule has 174 valence electrons. The number of H-pyrrole nitrogens is 1. The Labute approximate surface area is 180 Å². The van der Waals surface area contributed by atoms with E-state index in [2.05, 4.69) is 25.9 Å². The number of nitrogens with zero attached hydrogens (tertiary/aromatic N) is 1. The van der Waals surface area contributed by atoms with E-state index >= 15 is 0 Å². The van der Waals surface area contributed by atoms with Crippen molar-refractivity contribution in [3.63, 3.8) is 0 Å². The average molecular weight is 441 g/mol. The number of carbonyl (C=O) groups excluding carboxylic acids is 3. The van der Waals surface area contributed by atoms with Gasteiger partial charge in [0.25, 0.3) is 0 Å². The van der Waals surface area contributed by atoms with Crippen molar-refractivity contribution >= 4 is 23.7 Å². The number of aromatic amines is 1. The first-order chi connectivity index (χ1) is 14.5. The first kappa shape index (κ1) is 26.0. The standard InChI is InChI=1S/C19H32N6O6/c1-5-9(2)15(18(29)23-10(3)19(30)31)25-16(27)13(6-12-7-21-8-22-12)24-17(28)14(20)11(4)26/h7-11,13-15,26H,5-6,20H2,1-4H3,(H,21,22)(H,23,29)(H,24,28)(H,25,27)(H,30,31). The molecular formula is C19H32N6O6. The van der Waals surface area contributed by atoms with E-state index in [4.69, 9.17) is 10.8 Å². The van der Waals surface area contributed by atoms with Gasteiger partial charge in [0.15, 0.2) is 0 Å². The zero-order valence-corrected chi connectivity index (χ0v) is 18.1. The van der Waals surface area contributed by atoms with Crippen molar-refractivity contribution in [3.05, 3.63) is 18.2 Å². The zero-order valence-electron chi connectivity index (χ0n) is 18.1. The van der Waals surface area contributed by atoms with E-state index in [-0.39, 0.29) is 12.3 Å². The fourth-order valence-electron chi connectivity index (χ4n) is 2.63. The summed E-state index contributed by atoms with van der Waals surface area (Å²) in [5.41, 5.74) is 6.20. The number of carboxylic acid groups (broad SMARTS) is 1. The Bertz CT molecular complexity index is 753. The predicted octanol–water partition coefficient (Wildman–Crippen LogP) is -1.73. The minimum absolute atomic E-state index is 0.0322. The fourth-order valence-corrected chi connectivity index (χ4v) is 2.63. The predicted molar refractivity (Wildman–Crippen MR) is 111 cm³/mol. The Morgan fingerprint density at radius 2 is 1.74 bits per heavy atom. The number of nitrogens with two attached hydrogens (primary N) is 1. The summed E-state index contributed by atoms with van der Waals surface area (Å²) >= 11 is 0. The van der Waals surface area contributed by atoms with E-state index in [0.717, 1.165) is 0 Å². The van der Waals surface area contributed by atoms with Gasteiger partial charge in [0.05, 0.1) is 12.4 Å². The number of rotatable bonds is 12. The lowest BCUT2D eigenvalue weighted by Crippen LogP contribution is -2.59. The molecule has 0 saturated heterocycles. The van der Waals surface area contributed by atoms with Crippen LogP contribution in [-0.2, 0) is 25.6 Å². The van der Waals surface area contributed by atoms with Crippen LogP contribution in [0.1, 0.15) is 39.8 Å². The van der Waals surface area contributed by atoms with Gasteiger partial charge in [-0.1, -0.05) is 20.3 Å². The van der Waals surface area contributed by atoms with Crippen LogP contribution in [-0.4, -0.2) is 74.1 Å². The molecule has 8 N–H and O–H groups in total. The maximum Gasteiger partial charge on any atom is 0.325 e. The van der Waals surface area contributed by atoms with Crippen molar-refractivity contribution in [3.8, 4) is 0 Å². The van der Waals surface area contributed by atoms with E-state index < -0.39 is 54.0 Å². The number of aliphatic hydroxyl groups is 1.